The number of aryl methyl sites for hydroxylation is 3. The zero-order valence-electron chi connectivity index (χ0n) is 11.8. The number of halogens is 1. The minimum atomic E-state index is 1.01. The second kappa shape index (κ2) is 5.97. The molecule has 3 rings (SSSR count). The predicted octanol–water partition coefficient (Wildman–Crippen LogP) is 5.31. The van der Waals surface area contributed by atoms with Crippen LogP contribution in [-0.2, 0) is 12.8 Å². The number of allylic oxidation sites excluding steroid dienone is 1. The molecule has 102 valence electrons. The fourth-order valence-corrected chi connectivity index (χ4v) is 3.26. The molecule has 0 spiro atoms. The van der Waals surface area contributed by atoms with Gasteiger partial charge in [0.2, 0.25) is 0 Å². The van der Waals surface area contributed by atoms with Gasteiger partial charge in [-0.2, -0.15) is 0 Å². The van der Waals surface area contributed by atoms with Crippen LogP contribution in [0.1, 0.15) is 34.2 Å². The smallest absolute Gasteiger partial charge is 0.00662 e. The van der Waals surface area contributed by atoms with E-state index in [2.05, 4.69) is 71.4 Å². The molecule has 0 unspecified atom stereocenters. The van der Waals surface area contributed by atoms with Gasteiger partial charge in [0.05, 0.1) is 0 Å². The first-order valence-corrected chi connectivity index (χ1v) is 8.36. The Labute approximate surface area is 129 Å². The van der Waals surface area contributed by atoms with Crippen LogP contribution in [-0.4, -0.2) is 5.33 Å². The molecule has 0 saturated carbocycles. The Bertz CT molecular complexity index is 653. The number of hydrogen-bond donors (Lipinski definition) is 0. The van der Waals surface area contributed by atoms with Crippen molar-refractivity contribution in [3.8, 4) is 0 Å². The molecule has 0 heterocycles. The van der Waals surface area contributed by atoms with Gasteiger partial charge in [0.1, 0.15) is 0 Å². The van der Waals surface area contributed by atoms with E-state index in [1.54, 1.807) is 0 Å². The number of rotatable bonds is 2. The van der Waals surface area contributed by atoms with E-state index in [-0.39, 0.29) is 0 Å². The van der Waals surface area contributed by atoms with Crippen LogP contribution in [0.15, 0.2) is 48.5 Å². The molecule has 1 aliphatic carbocycles. The summed E-state index contributed by atoms with van der Waals surface area (Å²) in [4.78, 5) is 0. The lowest BCUT2D eigenvalue weighted by Crippen LogP contribution is -1.93. The van der Waals surface area contributed by atoms with Gasteiger partial charge in [-0.1, -0.05) is 70.0 Å². The van der Waals surface area contributed by atoms with Gasteiger partial charge in [-0.25, -0.2) is 0 Å². The molecule has 0 bridgehead atoms. The predicted molar refractivity (Wildman–Crippen MR) is 90.5 cm³/mol. The monoisotopic (exact) mass is 326 g/mol. The van der Waals surface area contributed by atoms with E-state index in [0.29, 0.717) is 0 Å². The summed E-state index contributed by atoms with van der Waals surface area (Å²) in [6.45, 7) is 2.18. The van der Waals surface area contributed by atoms with Crippen molar-refractivity contribution >= 4 is 21.5 Å². The number of fused-ring (bicyclic) bond motifs is 2. The maximum absolute atomic E-state index is 3.54. The van der Waals surface area contributed by atoms with Crippen LogP contribution in [0.3, 0.4) is 0 Å². The lowest BCUT2D eigenvalue weighted by atomic mass is 9.92. The summed E-state index contributed by atoms with van der Waals surface area (Å²) in [6.07, 6.45) is 5.72. The summed E-state index contributed by atoms with van der Waals surface area (Å²) >= 11 is 3.54. The highest BCUT2D eigenvalue weighted by atomic mass is 79.9. The van der Waals surface area contributed by atoms with Crippen molar-refractivity contribution in [1.82, 2.24) is 0 Å². The van der Waals surface area contributed by atoms with Crippen molar-refractivity contribution in [3.63, 3.8) is 0 Å². The second-order valence-corrected chi connectivity index (χ2v) is 6.21. The molecular formula is C19H19Br. The van der Waals surface area contributed by atoms with E-state index in [1.807, 2.05) is 0 Å². The molecule has 2 aromatic carbocycles. The van der Waals surface area contributed by atoms with Crippen LogP contribution < -0.4 is 0 Å². The van der Waals surface area contributed by atoms with Crippen molar-refractivity contribution in [2.24, 2.45) is 0 Å². The van der Waals surface area contributed by atoms with Crippen molar-refractivity contribution in [1.29, 1.82) is 0 Å². The summed E-state index contributed by atoms with van der Waals surface area (Å²) in [5, 5.41) is 1.01. The fourth-order valence-electron chi connectivity index (χ4n) is 3.03. The van der Waals surface area contributed by atoms with E-state index < -0.39 is 0 Å². The fraction of sp³-hybridized carbons (Fsp3) is 0.263. The zero-order chi connectivity index (χ0) is 13.9. The summed E-state index contributed by atoms with van der Waals surface area (Å²) in [7, 11) is 0. The highest BCUT2D eigenvalue weighted by Gasteiger charge is 2.17. The Morgan fingerprint density at radius 1 is 1.00 bits per heavy atom. The van der Waals surface area contributed by atoms with Gasteiger partial charge in [-0.05, 0) is 54.0 Å². The van der Waals surface area contributed by atoms with Gasteiger partial charge in [0.25, 0.3) is 0 Å². The van der Waals surface area contributed by atoms with Crippen LogP contribution in [0, 0.1) is 6.92 Å². The van der Waals surface area contributed by atoms with Gasteiger partial charge in [0, 0.05) is 5.33 Å². The van der Waals surface area contributed by atoms with Crippen molar-refractivity contribution < 1.29 is 0 Å². The van der Waals surface area contributed by atoms with Crippen LogP contribution in [0.5, 0.6) is 0 Å². The highest BCUT2D eigenvalue weighted by molar-refractivity contribution is 9.09. The molecule has 1 aliphatic rings. The molecule has 0 nitrogen and oxygen atoms in total. The molecule has 20 heavy (non-hydrogen) atoms. The lowest BCUT2D eigenvalue weighted by molar-refractivity contribution is 0.963. The maximum atomic E-state index is 3.54. The second-order valence-electron chi connectivity index (χ2n) is 5.41. The third-order valence-electron chi connectivity index (χ3n) is 3.98. The topological polar surface area (TPSA) is 0 Å². The van der Waals surface area contributed by atoms with Crippen molar-refractivity contribution in [3.05, 3.63) is 76.4 Å². The van der Waals surface area contributed by atoms with E-state index in [0.717, 1.165) is 24.6 Å². The van der Waals surface area contributed by atoms with Crippen LogP contribution in [0.4, 0.5) is 0 Å². The average molecular weight is 327 g/mol. The van der Waals surface area contributed by atoms with E-state index in [4.69, 9.17) is 0 Å². The Hall–Kier alpha value is -1.34. The largest absolute Gasteiger partial charge is 0.0925 e. The Morgan fingerprint density at radius 2 is 1.75 bits per heavy atom. The minimum Gasteiger partial charge on any atom is -0.0925 e. The van der Waals surface area contributed by atoms with Crippen molar-refractivity contribution in [2.75, 3.05) is 5.33 Å². The first kappa shape index (κ1) is 13.6. The summed E-state index contributed by atoms with van der Waals surface area (Å²) in [5.74, 6) is 0. The molecule has 0 amide bonds. The SMILES string of the molecule is Cc1ccc2c(c1)CCc1ccccc1C2=CCCBr. The molecule has 2 aromatic rings. The summed E-state index contributed by atoms with van der Waals surface area (Å²) in [5.41, 5.74) is 8.56. The van der Waals surface area contributed by atoms with Crippen LogP contribution >= 0.6 is 15.9 Å². The molecule has 0 fully saturated rings. The number of benzene rings is 2. The number of hydrogen-bond acceptors (Lipinski definition) is 0. The third kappa shape index (κ3) is 2.60. The zero-order valence-corrected chi connectivity index (χ0v) is 13.4. The van der Waals surface area contributed by atoms with Gasteiger partial charge in [-0.3, -0.25) is 0 Å². The standard InChI is InChI=1S/C19H19Br/c1-14-8-11-18-16(13-14)10-9-15-5-2-3-6-17(15)19(18)7-4-12-20/h2-3,5-8,11,13H,4,9-10,12H2,1H3. The average Bonchev–Trinajstić information content (AvgIpc) is 2.62. The first-order valence-electron chi connectivity index (χ1n) is 7.24. The molecule has 0 radical (unpaired) electrons. The third-order valence-corrected chi connectivity index (χ3v) is 4.44. The van der Waals surface area contributed by atoms with E-state index >= 15 is 0 Å². The molecule has 0 N–H and O–H groups in total. The van der Waals surface area contributed by atoms with Crippen LogP contribution in [0.25, 0.3) is 5.57 Å². The lowest BCUT2D eigenvalue weighted by Gasteiger charge is -2.12. The Kier molecular flexibility index (Phi) is 4.07. The summed E-state index contributed by atoms with van der Waals surface area (Å²) < 4.78 is 0. The quantitative estimate of drug-likeness (QED) is 0.656. The van der Waals surface area contributed by atoms with Gasteiger partial charge >= 0.3 is 0 Å². The first-order chi connectivity index (χ1) is 9.79. The molecule has 0 aliphatic heterocycles. The normalized spacial score (nSPS) is 15.6. The van der Waals surface area contributed by atoms with Crippen LogP contribution in [0.2, 0.25) is 0 Å². The molecular weight excluding hydrogens is 308 g/mol. The highest BCUT2D eigenvalue weighted by Crippen LogP contribution is 2.34. The van der Waals surface area contributed by atoms with Gasteiger partial charge in [-0.15, -0.1) is 0 Å². The van der Waals surface area contributed by atoms with Crippen molar-refractivity contribution in [2.45, 2.75) is 26.2 Å². The number of alkyl halides is 1. The molecule has 0 saturated heterocycles. The summed E-state index contributed by atoms with van der Waals surface area (Å²) in [6, 6.07) is 15.7. The van der Waals surface area contributed by atoms with Gasteiger partial charge in [0.15, 0.2) is 0 Å². The Balaban J connectivity index is 2.19. The minimum absolute atomic E-state index is 1.01. The Morgan fingerprint density at radius 3 is 2.60 bits per heavy atom. The maximum Gasteiger partial charge on any atom is 0.00662 e. The molecule has 1 heteroatoms. The molecule has 0 atom stereocenters. The molecule has 0 aromatic heterocycles. The van der Waals surface area contributed by atoms with E-state index in [1.165, 1.54) is 33.4 Å². The van der Waals surface area contributed by atoms with E-state index in [9.17, 15) is 0 Å². The van der Waals surface area contributed by atoms with Gasteiger partial charge < -0.3 is 0 Å².